The summed E-state index contributed by atoms with van der Waals surface area (Å²) >= 11 is 0. The first-order chi connectivity index (χ1) is 15.0. The minimum atomic E-state index is -0.0403. The minimum Gasteiger partial charge on any atom is -0.443 e. The number of fused-ring (bicyclic) bond motifs is 2. The number of piperidine rings is 1. The highest BCUT2D eigenvalue weighted by molar-refractivity contribution is 5.91. The highest BCUT2D eigenvalue weighted by atomic mass is 16.3. The molecule has 0 unspecified atom stereocenters. The van der Waals surface area contributed by atoms with Gasteiger partial charge in [0.25, 0.3) is 0 Å². The number of hydrogen-bond acceptors (Lipinski definition) is 5. The highest BCUT2D eigenvalue weighted by Gasteiger charge is 2.31. The van der Waals surface area contributed by atoms with E-state index in [1.54, 1.807) is 0 Å². The first kappa shape index (κ1) is 20.0. The zero-order valence-corrected chi connectivity index (χ0v) is 18.6. The number of rotatable bonds is 3. The van der Waals surface area contributed by atoms with Gasteiger partial charge >= 0.3 is 0 Å². The van der Waals surface area contributed by atoms with Gasteiger partial charge in [0.1, 0.15) is 17.4 Å². The first-order valence-corrected chi connectivity index (χ1v) is 11.4. The molecule has 0 saturated carbocycles. The Balaban J connectivity index is 1.37. The van der Waals surface area contributed by atoms with Gasteiger partial charge in [0.05, 0.1) is 17.3 Å². The van der Waals surface area contributed by atoms with Crippen molar-refractivity contribution < 1.29 is 9.21 Å². The topological polar surface area (TPSA) is 71.3 Å². The molecular formula is C25H30N4O2. The maximum atomic E-state index is 13.3. The number of nitrogens with zero attached hydrogens (tertiary/aromatic N) is 3. The number of hydrogen-bond donors (Lipinski definition) is 1. The van der Waals surface area contributed by atoms with E-state index >= 15 is 0 Å². The Morgan fingerprint density at radius 3 is 2.84 bits per heavy atom. The largest absolute Gasteiger partial charge is 0.443 e. The quantitative estimate of drug-likeness (QED) is 0.675. The fourth-order valence-corrected chi connectivity index (χ4v) is 5.14. The standard InChI is InChI=1S/C25H30N4O2/c1-15-16(2)31-25-22(15)23(26-17(3)27-25)29-13-7-10-19(14-29)24(30)28-21-12-6-9-18-8-4-5-11-20(18)21/h4-5,8,11,19,21H,6-7,9-10,12-14H2,1-3H3,(H,28,30)/t19-,21+/m1/s1. The van der Waals surface area contributed by atoms with Crippen molar-refractivity contribution in [2.75, 3.05) is 18.0 Å². The zero-order valence-electron chi connectivity index (χ0n) is 18.6. The predicted octanol–water partition coefficient (Wildman–Crippen LogP) is 4.56. The lowest BCUT2D eigenvalue weighted by atomic mass is 9.87. The van der Waals surface area contributed by atoms with Gasteiger partial charge in [-0.15, -0.1) is 0 Å². The molecule has 3 aromatic rings. The van der Waals surface area contributed by atoms with E-state index in [-0.39, 0.29) is 17.9 Å². The fraction of sp³-hybridized carbons (Fsp3) is 0.480. The van der Waals surface area contributed by atoms with Gasteiger partial charge in [0.15, 0.2) is 0 Å². The molecule has 162 valence electrons. The summed E-state index contributed by atoms with van der Waals surface area (Å²) in [5.74, 6) is 2.59. The number of amides is 1. The lowest BCUT2D eigenvalue weighted by Gasteiger charge is -2.35. The van der Waals surface area contributed by atoms with Crippen molar-refractivity contribution in [2.45, 2.75) is 58.9 Å². The summed E-state index contributed by atoms with van der Waals surface area (Å²) in [5, 5.41) is 4.34. The number of benzene rings is 1. The van der Waals surface area contributed by atoms with Crippen molar-refractivity contribution in [2.24, 2.45) is 5.92 Å². The van der Waals surface area contributed by atoms with Crippen LogP contribution < -0.4 is 10.2 Å². The summed E-state index contributed by atoms with van der Waals surface area (Å²) in [7, 11) is 0. The van der Waals surface area contributed by atoms with E-state index in [0.29, 0.717) is 18.1 Å². The van der Waals surface area contributed by atoms with Gasteiger partial charge in [-0.1, -0.05) is 24.3 Å². The van der Waals surface area contributed by atoms with Crippen molar-refractivity contribution >= 4 is 22.8 Å². The molecule has 1 N–H and O–H groups in total. The van der Waals surface area contributed by atoms with Crippen molar-refractivity contribution in [1.29, 1.82) is 0 Å². The van der Waals surface area contributed by atoms with E-state index in [1.807, 2.05) is 13.8 Å². The molecule has 31 heavy (non-hydrogen) atoms. The Hall–Kier alpha value is -2.89. The maximum absolute atomic E-state index is 13.3. The third kappa shape index (κ3) is 3.68. The Morgan fingerprint density at radius 2 is 1.97 bits per heavy atom. The molecule has 2 aromatic heterocycles. The van der Waals surface area contributed by atoms with Crippen LogP contribution in [0.2, 0.25) is 0 Å². The van der Waals surface area contributed by atoms with Crippen LogP contribution in [0.4, 0.5) is 5.82 Å². The molecule has 1 fully saturated rings. The molecule has 2 atom stereocenters. The van der Waals surface area contributed by atoms with E-state index in [1.165, 1.54) is 11.1 Å². The van der Waals surface area contributed by atoms with Gasteiger partial charge in [0.2, 0.25) is 11.6 Å². The Labute approximate surface area is 183 Å². The number of nitrogens with one attached hydrogen (secondary N) is 1. The van der Waals surface area contributed by atoms with E-state index in [2.05, 4.69) is 46.4 Å². The van der Waals surface area contributed by atoms with E-state index in [9.17, 15) is 4.79 Å². The Morgan fingerprint density at radius 1 is 1.13 bits per heavy atom. The second-order valence-corrected chi connectivity index (χ2v) is 9.00. The van der Waals surface area contributed by atoms with Gasteiger partial charge in [-0.2, -0.15) is 4.98 Å². The summed E-state index contributed by atoms with van der Waals surface area (Å²) < 4.78 is 5.86. The number of aryl methyl sites for hydroxylation is 4. The van der Waals surface area contributed by atoms with Crippen molar-refractivity contribution in [3.8, 4) is 0 Å². The highest BCUT2D eigenvalue weighted by Crippen LogP contribution is 2.34. The number of anilines is 1. The predicted molar refractivity (Wildman–Crippen MR) is 121 cm³/mol. The fourth-order valence-electron chi connectivity index (χ4n) is 5.14. The summed E-state index contributed by atoms with van der Waals surface area (Å²) in [6.07, 6.45) is 5.12. The molecule has 1 aliphatic carbocycles. The van der Waals surface area contributed by atoms with Crippen LogP contribution in [0.15, 0.2) is 28.7 Å². The number of carbonyl (C=O) groups is 1. The van der Waals surface area contributed by atoms with Crippen molar-refractivity contribution in [3.63, 3.8) is 0 Å². The van der Waals surface area contributed by atoms with Crippen LogP contribution in [-0.2, 0) is 11.2 Å². The molecule has 5 rings (SSSR count). The van der Waals surface area contributed by atoms with Crippen molar-refractivity contribution in [1.82, 2.24) is 15.3 Å². The minimum absolute atomic E-state index is 0.0403. The van der Waals surface area contributed by atoms with Gasteiger partial charge in [-0.25, -0.2) is 4.98 Å². The summed E-state index contributed by atoms with van der Waals surface area (Å²) in [6.45, 7) is 7.48. The molecule has 6 nitrogen and oxygen atoms in total. The van der Waals surface area contributed by atoms with Crippen molar-refractivity contribution in [3.05, 3.63) is 52.5 Å². The monoisotopic (exact) mass is 418 g/mol. The van der Waals surface area contributed by atoms with Gasteiger partial charge in [-0.05, 0) is 64.0 Å². The molecule has 0 radical (unpaired) electrons. The molecule has 3 heterocycles. The lowest BCUT2D eigenvalue weighted by molar-refractivity contribution is -0.126. The summed E-state index contributed by atoms with van der Waals surface area (Å²) in [6, 6.07) is 8.64. The van der Waals surface area contributed by atoms with Gasteiger partial charge in [-0.3, -0.25) is 4.79 Å². The van der Waals surface area contributed by atoms with E-state index in [0.717, 1.165) is 61.2 Å². The third-order valence-corrected chi connectivity index (χ3v) is 6.90. The maximum Gasteiger partial charge on any atom is 0.231 e. The summed E-state index contributed by atoms with van der Waals surface area (Å²) in [4.78, 5) is 24.8. The second-order valence-electron chi connectivity index (χ2n) is 9.00. The smallest absolute Gasteiger partial charge is 0.231 e. The molecule has 6 heteroatoms. The Kier molecular flexibility index (Phi) is 5.16. The Bertz CT molecular complexity index is 1140. The third-order valence-electron chi connectivity index (χ3n) is 6.90. The average Bonchev–Trinajstić information content (AvgIpc) is 3.06. The lowest BCUT2D eigenvalue weighted by Crippen LogP contribution is -2.44. The van der Waals surface area contributed by atoms with Crippen LogP contribution in [0.3, 0.4) is 0 Å². The molecule has 0 spiro atoms. The molecule has 1 aromatic carbocycles. The van der Waals surface area contributed by atoms with Gasteiger partial charge in [0, 0.05) is 18.7 Å². The molecule has 1 amide bonds. The first-order valence-electron chi connectivity index (χ1n) is 11.4. The number of aromatic nitrogens is 2. The molecule has 1 saturated heterocycles. The van der Waals surface area contributed by atoms with Crippen LogP contribution in [0, 0.1) is 26.7 Å². The number of furan rings is 1. The van der Waals surface area contributed by atoms with Gasteiger partial charge < -0.3 is 14.6 Å². The molecular weight excluding hydrogens is 388 g/mol. The average molecular weight is 419 g/mol. The van der Waals surface area contributed by atoms with Crippen LogP contribution >= 0.6 is 0 Å². The normalized spacial score (nSPS) is 21.2. The van der Waals surface area contributed by atoms with E-state index in [4.69, 9.17) is 9.40 Å². The molecule has 0 bridgehead atoms. The SMILES string of the molecule is Cc1nc(N2CCC[C@@H](C(=O)N[C@H]3CCCc4ccccc43)C2)c2c(C)c(C)oc2n1. The van der Waals surface area contributed by atoms with Crippen LogP contribution in [0.5, 0.6) is 0 Å². The van der Waals surface area contributed by atoms with Crippen LogP contribution in [0.1, 0.15) is 60.0 Å². The summed E-state index contributed by atoms with van der Waals surface area (Å²) in [5.41, 5.74) is 4.37. The van der Waals surface area contributed by atoms with Crippen LogP contribution in [-0.4, -0.2) is 29.0 Å². The molecule has 1 aliphatic heterocycles. The molecule has 2 aliphatic rings. The number of carbonyl (C=O) groups excluding carboxylic acids is 1. The van der Waals surface area contributed by atoms with Crippen LogP contribution in [0.25, 0.3) is 11.1 Å². The second kappa shape index (κ2) is 7.98. The van der Waals surface area contributed by atoms with E-state index < -0.39 is 0 Å². The zero-order chi connectivity index (χ0) is 21.5.